The van der Waals surface area contributed by atoms with Crippen LogP contribution >= 0.6 is 0 Å². The SMILES string of the molecule is CCCN(Cc1ncc(-c2ccc(N3CCC(c4cnc(CN(CCC)C(=O)CNC(=O)OC)[nH]4)CC3)cc2)[nH]1)C(=O)CNC(=O)OC. The number of amides is 4. The maximum absolute atomic E-state index is 12.6. The Labute approximate surface area is 280 Å². The zero-order valence-electron chi connectivity index (χ0n) is 28.2. The molecule has 4 rings (SSSR count). The van der Waals surface area contributed by atoms with Crippen LogP contribution in [-0.4, -0.2) is 107 Å². The predicted octanol–water partition coefficient (Wildman–Crippen LogP) is 3.37. The molecule has 1 saturated heterocycles. The number of benzene rings is 1. The van der Waals surface area contributed by atoms with Gasteiger partial charge in [-0.1, -0.05) is 26.0 Å². The molecule has 2 aromatic heterocycles. The summed E-state index contributed by atoms with van der Waals surface area (Å²) < 4.78 is 9.11. The highest BCUT2D eigenvalue weighted by Gasteiger charge is 2.24. The average molecular weight is 666 g/mol. The maximum atomic E-state index is 12.6. The van der Waals surface area contributed by atoms with E-state index in [4.69, 9.17) is 0 Å². The number of alkyl carbamates (subject to hydrolysis) is 2. The molecule has 1 fully saturated rings. The fraction of sp³-hybridized carbons (Fsp3) is 0.515. The zero-order chi connectivity index (χ0) is 34.5. The van der Waals surface area contributed by atoms with Crippen molar-refractivity contribution >= 4 is 29.7 Å². The molecule has 260 valence electrons. The number of rotatable bonds is 15. The summed E-state index contributed by atoms with van der Waals surface area (Å²) in [5.74, 6) is 1.34. The number of hydrogen-bond donors (Lipinski definition) is 4. The van der Waals surface area contributed by atoms with Crippen LogP contribution in [0.25, 0.3) is 11.3 Å². The summed E-state index contributed by atoms with van der Waals surface area (Å²) in [5.41, 5.74) is 4.08. The van der Waals surface area contributed by atoms with Crippen molar-refractivity contribution in [3.05, 3.63) is 54.0 Å². The van der Waals surface area contributed by atoms with Crippen molar-refractivity contribution in [2.75, 3.05) is 58.4 Å². The number of nitrogens with zero attached hydrogens (tertiary/aromatic N) is 5. The number of imidazole rings is 2. The monoisotopic (exact) mass is 665 g/mol. The van der Waals surface area contributed by atoms with Crippen molar-refractivity contribution in [3.63, 3.8) is 0 Å². The predicted molar refractivity (Wildman–Crippen MR) is 179 cm³/mol. The summed E-state index contributed by atoms with van der Waals surface area (Å²) in [4.78, 5) is 69.5. The first-order chi connectivity index (χ1) is 23.2. The van der Waals surface area contributed by atoms with Crippen LogP contribution in [0, 0.1) is 0 Å². The molecule has 4 amide bonds. The van der Waals surface area contributed by atoms with E-state index >= 15 is 0 Å². The molecule has 1 aliphatic rings. The maximum Gasteiger partial charge on any atom is 0.407 e. The number of carbonyl (C=O) groups is 4. The van der Waals surface area contributed by atoms with Crippen molar-refractivity contribution in [3.8, 4) is 11.3 Å². The van der Waals surface area contributed by atoms with Crippen LogP contribution in [-0.2, 0) is 32.2 Å². The van der Waals surface area contributed by atoms with Crippen molar-refractivity contribution < 1.29 is 28.7 Å². The second kappa shape index (κ2) is 17.7. The number of methoxy groups -OCH3 is 2. The minimum absolute atomic E-state index is 0.123. The number of H-pyrrole nitrogens is 2. The van der Waals surface area contributed by atoms with E-state index in [1.165, 1.54) is 14.2 Å². The molecule has 0 aliphatic carbocycles. The van der Waals surface area contributed by atoms with E-state index in [0.717, 1.165) is 67.2 Å². The largest absolute Gasteiger partial charge is 0.453 e. The Kier molecular flexibility index (Phi) is 13.2. The normalized spacial score (nSPS) is 13.1. The third-order valence-corrected chi connectivity index (χ3v) is 8.27. The summed E-state index contributed by atoms with van der Waals surface area (Å²) in [6.45, 7) is 7.29. The lowest BCUT2D eigenvalue weighted by molar-refractivity contribution is -0.131. The number of piperidine rings is 1. The lowest BCUT2D eigenvalue weighted by Gasteiger charge is -2.33. The molecule has 3 heterocycles. The minimum atomic E-state index is -0.644. The van der Waals surface area contributed by atoms with Gasteiger partial charge >= 0.3 is 12.2 Å². The third kappa shape index (κ3) is 9.96. The summed E-state index contributed by atoms with van der Waals surface area (Å²) in [6.07, 6.45) is 5.87. The third-order valence-electron chi connectivity index (χ3n) is 8.27. The Hall–Kier alpha value is -5.08. The van der Waals surface area contributed by atoms with Gasteiger partial charge in [-0.05, 0) is 43.4 Å². The number of aromatic amines is 2. The van der Waals surface area contributed by atoms with Gasteiger partial charge in [0.25, 0.3) is 0 Å². The van der Waals surface area contributed by atoms with E-state index in [1.54, 1.807) is 16.0 Å². The molecule has 0 bridgehead atoms. The van der Waals surface area contributed by atoms with Crippen LogP contribution in [0.4, 0.5) is 15.3 Å². The average Bonchev–Trinajstić information content (AvgIpc) is 3.79. The molecule has 15 nitrogen and oxygen atoms in total. The quantitative estimate of drug-likeness (QED) is 0.190. The zero-order valence-corrected chi connectivity index (χ0v) is 28.2. The molecule has 0 saturated carbocycles. The first-order valence-corrected chi connectivity index (χ1v) is 16.4. The van der Waals surface area contributed by atoms with Crippen LogP contribution in [0.2, 0.25) is 0 Å². The van der Waals surface area contributed by atoms with Crippen molar-refractivity contribution in [1.82, 2.24) is 40.4 Å². The first kappa shape index (κ1) is 35.8. The van der Waals surface area contributed by atoms with Crippen LogP contribution in [0.3, 0.4) is 0 Å². The van der Waals surface area contributed by atoms with Crippen molar-refractivity contribution in [2.45, 2.75) is 58.5 Å². The van der Waals surface area contributed by atoms with Crippen molar-refractivity contribution in [1.29, 1.82) is 0 Å². The van der Waals surface area contributed by atoms with Gasteiger partial charge in [0.15, 0.2) is 0 Å². The lowest BCUT2D eigenvalue weighted by atomic mass is 9.93. The van der Waals surface area contributed by atoms with Gasteiger partial charge < -0.3 is 44.8 Å². The van der Waals surface area contributed by atoms with Gasteiger partial charge in [-0.25, -0.2) is 19.6 Å². The van der Waals surface area contributed by atoms with Gasteiger partial charge in [-0.15, -0.1) is 0 Å². The molecular formula is C33H47N9O6. The highest BCUT2D eigenvalue weighted by atomic mass is 16.5. The van der Waals surface area contributed by atoms with Gasteiger partial charge in [0.1, 0.15) is 24.7 Å². The molecule has 0 atom stereocenters. The Bertz CT molecular complexity index is 1500. The van der Waals surface area contributed by atoms with Gasteiger partial charge in [0.2, 0.25) is 11.8 Å². The van der Waals surface area contributed by atoms with Gasteiger partial charge in [0.05, 0.1) is 39.2 Å². The van der Waals surface area contributed by atoms with E-state index in [0.29, 0.717) is 37.9 Å². The number of nitrogens with one attached hydrogen (secondary N) is 4. The molecule has 15 heteroatoms. The number of anilines is 1. The highest BCUT2D eigenvalue weighted by molar-refractivity contribution is 5.82. The summed E-state index contributed by atoms with van der Waals surface area (Å²) in [5, 5.41) is 4.88. The van der Waals surface area contributed by atoms with Gasteiger partial charge in [0, 0.05) is 49.7 Å². The Morgan fingerprint density at radius 3 is 1.85 bits per heavy atom. The Balaban J connectivity index is 1.28. The van der Waals surface area contributed by atoms with E-state index in [9.17, 15) is 19.2 Å². The molecule has 0 spiro atoms. The minimum Gasteiger partial charge on any atom is -0.453 e. The Morgan fingerprint density at radius 1 is 0.812 bits per heavy atom. The summed E-state index contributed by atoms with van der Waals surface area (Å²) in [6, 6.07) is 8.37. The van der Waals surface area contributed by atoms with E-state index in [-0.39, 0.29) is 24.9 Å². The fourth-order valence-corrected chi connectivity index (χ4v) is 5.71. The molecule has 4 N–H and O–H groups in total. The van der Waals surface area contributed by atoms with Crippen molar-refractivity contribution in [2.24, 2.45) is 0 Å². The molecule has 0 unspecified atom stereocenters. The summed E-state index contributed by atoms with van der Waals surface area (Å²) in [7, 11) is 2.52. The molecule has 1 aliphatic heterocycles. The smallest absolute Gasteiger partial charge is 0.407 e. The lowest BCUT2D eigenvalue weighted by Crippen LogP contribution is -2.40. The fourth-order valence-electron chi connectivity index (χ4n) is 5.71. The summed E-state index contributed by atoms with van der Waals surface area (Å²) >= 11 is 0. The molecular weight excluding hydrogens is 618 g/mol. The standard InChI is InChI=1S/C33H47N9O6/c1-5-13-41(30(43)19-36-32(45)47-3)21-28-34-17-26(38-28)23-7-9-25(10-8-23)40-15-11-24(12-16-40)27-18-35-29(39-27)22-42(14-6-2)31(44)20-37-33(46)48-4/h7-10,17-18,24H,5-6,11-16,19-22H2,1-4H3,(H,34,38)(H,35,39)(H,36,45)(H,37,46). The highest BCUT2D eigenvalue weighted by Crippen LogP contribution is 2.31. The van der Waals surface area contributed by atoms with Crippen LogP contribution in [0.15, 0.2) is 36.7 Å². The molecule has 48 heavy (non-hydrogen) atoms. The number of ether oxygens (including phenoxy) is 2. The van der Waals surface area contributed by atoms with E-state index in [2.05, 4.69) is 69.2 Å². The number of aromatic nitrogens is 4. The molecule has 0 radical (unpaired) electrons. The van der Waals surface area contributed by atoms with Crippen LogP contribution in [0.5, 0.6) is 0 Å². The molecule has 1 aromatic carbocycles. The Morgan fingerprint density at radius 2 is 1.33 bits per heavy atom. The van der Waals surface area contributed by atoms with Crippen LogP contribution in [0.1, 0.15) is 62.8 Å². The van der Waals surface area contributed by atoms with Gasteiger partial charge in [-0.3, -0.25) is 9.59 Å². The van der Waals surface area contributed by atoms with Crippen LogP contribution < -0.4 is 15.5 Å². The topological polar surface area (TPSA) is 178 Å². The number of carbonyl (C=O) groups excluding carboxylic acids is 4. The van der Waals surface area contributed by atoms with E-state index in [1.807, 2.05) is 20.0 Å². The van der Waals surface area contributed by atoms with Gasteiger partial charge in [-0.2, -0.15) is 0 Å². The second-order valence-corrected chi connectivity index (χ2v) is 11.7. The second-order valence-electron chi connectivity index (χ2n) is 11.7. The molecule has 3 aromatic rings. The van der Waals surface area contributed by atoms with E-state index < -0.39 is 12.2 Å². The number of hydrogen-bond acceptors (Lipinski definition) is 9. The first-order valence-electron chi connectivity index (χ1n) is 16.4.